The first-order chi connectivity index (χ1) is 10.1. The van der Waals surface area contributed by atoms with Crippen molar-refractivity contribution in [3.05, 3.63) is 64.7 Å². The molecule has 5 heteroatoms. The van der Waals surface area contributed by atoms with Gasteiger partial charge in [0.15, 0.2) is 0 Å². The molecule has 0 spiro atoms. The molecule has 1 atom stereocenters. The zero-order chi connectivity index (χ0) is 14.8. The second-order valence-corrected chi connectivity index (χ2v) is 5.20. The van der Waals surface area contributed by atoms with Crippen LogP contribution in [0.25, 0.3) is 0 Å². The molecule has 0 saturated heterocycles. The van der Waals surface area contributed by atoms with E-state index in [0.29, 0.717) is 5.75 Å². The van der Waals surface area contributed by atoms with Gasteiger partial charge in [-0.25, -0.2) is 0 Å². The Bertz CT molecular complexity index is 687. The zero-order valence-corrected chi connectivity index (χ0v) is 14.5. The van der Waals surface area contributed by atoms with E-state index in [1.807, 2.05) is 24.3 Å². The maximum atomic E-state index is 10.5. The van der Waals surface area contributed by atoms with Gasteiger partial charge in [0.25, 0.3) is 0 Å². The quantitative estimate of drug-likeness (QED) is 0.664. The third kappa shape index (κ3) is 3.52. The number of hydrogen-bond donors (Lipinski definition) is 1. The average Bonchev–Trinajstić information content (AvgIpc) is 2.63. The zero-order valence-electron chi connectivity index (χ0n) is 12.5. The van der Waals surface area contributed by atoms with Crippen LogP contribution in [0.15, 0.2) is 42.5 Å². The van der Waals surface area contributed by atoms with Gasteiger partial charge < -0.3 is 20.4 Å². The van der Waals surface area contributed by atoms with E-state index < -0.39 is 12.6 Å². The van der Waals surface area contributed by atoms with E-state index in [-0.39, 0.29) is 35.6 Å². The molecule has 3 rings (SSSR count). The fourth-order valence-electron chi connectivity index (χ4n) is 2.84. The van der Waals surface area contributed by atoms with E-state index in [0.717, 1.165) is 29.5 Å². The molecule has 0 aliphatic heterocycles. The number of hydrogen-bond acceptors (Lipinski definition) is 4. The van der Waals surface area contributed by atoms with Gasteiger partial charge in [-0.15, -0.1) is 0 Å². The van der Waals surface area contributed by atoms with Crippen molar-refractivity contribution in [2.75, 3.05) is 6.61 Å². The molecule has 4 nitrogen and oxygen atoms in total. The van der Waals surface area contributed by atoms with Crippen LogP contribution in [-0.4, -0.2) is 12.6 Å². The van der Waals surface area contributed by atoms with Crippen molar-refractivity contribution < 1.29 is 44.2 Å². The third-order valence-corrected chi connectivity index (χ3v) is 3.86. The minimum Gasteiger partial charge on any atom is -0.546 e. The Balaban J connectivity index is 0.00000176. The molecule has 0 heterocycles. The molecule has 0 radical (unpaired) electrons. The van der Waals surface area contributed by atoms with Crippen LogP contribution in [0.5, 0.6) is 5.75 Å². The SMILES string of the molecule is NC1c2ccccc2CCc2cc(OCC(=O)[O-])ccc21.[Na+]. The summed E-state index contributed by atoms with van der Waals surface area (Å²) in [6.45, 7) is -0.439. The van der Waals surface area contributed by atoms with Crippen molar-refractivity contribution in [1.29, 1.82) is 0 Å². The van der Waals surface area contributed by atoms with Gasteiger partial charge in [0.1, 0.15) is 12.4 Å². The number of carbonyl (C=O) groups excluding carboxylic acids is 1. The van der Waals surface area contributed by atoms with E-state index in [1.165, 1.54) is 5.56 Å². The molecule has 0 fully saturated rings. The molecule has 1 unspecified atom stereocenters. The largest absolute Gasteiger partial charge is 1.00 e. The minimum absolute atomic E-state index is 0. The van der Waals surface area contributed by atoms with Gasteiger partial charge in [-0.05, 0) is 47.2 Å². The number of carboxylic acid groups (broad SMARTS) is 1. The first-order valence-corrected chi connectivity index (χ1v) is 6.94. The number of fused-ring (bicyclic) bond motifs is 2. The molecule has 2 N–H and O–H groups in total. The van der Waals surface area contributed by atoms with Crippen molar-refractivity contribution in [1.82, 2.24) is 0 Å². The third-order valence-electron chi connectivity index (χ3n) is 3.86. The van der Waals surface area contributed by atoms with Crippen LogP contribution in [0.2, 0.25) is 0 Å². The molecule has 1 aliphatic carbocycles. The van der Waals surface area contributed by atoms with E-state index in [1.54, 1.807) is 6.07 Å². The normalized spacial score (nSPS) is 15.8. The average molecular weight is 305 g/mol. The van der Waals surface area contributed by atoms with E-state index in [2.05, 4.69) is 12.1 Å². The van der Waals surface area contributed by atoms with Crippen LogP contribution in [-0.2, 0) is 17.6 Å². The van der Waals surface area contributed by atoms with Gasteiger partial charge in [0.2, 0.25) is 0 Å². The molecule has 0 aromatic heterocycles. The van der Waals surface area contributed by atoms with Crippen molar-refractivity contribution in [2.24, 2.45) is 5.73 Å². The predicted octanol–water partition coefficient (Wildman–Crippen LogP) is -2.03. The fourth-order valence-corrected chi connectivity index (χ4v) is 2.84. The number of carbonyl (C=O) groups is 1. The summed E-state index contributed by atoms with van der Waals surface area (Å²) in [7, 11) is 0. The summed E-state index contributed by atoms with van der Waals surface area (Å²) in [5.74, 6) is -0.690. The van der Waals surface area contributed by atoms with Crippen molar-refractivity contribution in [3.63, 3.8) is 0 Å². The van der Waals surface area contributed by atoms with Gasteiger partial charge >= 0.3 is 29.6 Å². The van der Waals surface area contributed by atoms with E-state index in [9.17, 15) is 9.90 Å². The summed E-state index contributed by atoms with van der Waals surface area (Å²) < 4.78 is 5.18. The van der Waals surface area contributed by atoms with Gasteiger partial charge in [-0.3, -0.25) is 0 Å². The van der Waals surface area contributed by atoms with Gasteiger partial charge in [0, 0.05) is 0 Å². The first kappa shape index (κ1) is 17.0. The van der Waals surface area contributed by atoms with Crippen molar-refractivity contribution >= 4 is 5.97 Å². The summed E-state index contributed by atoms with van der Waals surface area (Å²) in [4.78, 5) is 10.5. The molecule has 22 heavy (non-hydrogen) atoms. The molecular weight excluding hydrogens is 289 g/mol. The Labute approximate surface area is 151 Å². The second kappa shape index (κ2) is 7.29. The Kier molecular flexibility index (Phi) is 5.64. The molecule has 0 amide bonds. The summed E-state index contributed by atoms with van der Waals surface area (Å²) in [5.41, 5.74) is 11.0. The van der Waals surface area contributed by atoms with E-state index in [4.69, 9.17) is 10.5 Å². The van der Waals surface area contributed by atoms with Crippen LogP contribution in [0.4, 0.5) is 0 Å². The Morgan fingerprint density at radius 2 is 1.82 bits per heavy atom. The molecular formula is C17H16NNaO3. The number of ether oxygens (including phenoxy) is 1. The van der Waals surface area contributed by atoms with Gasteiger partial charge in [-0.1, -0.05) is 30.3 Å². The van der Waals surface area contributed by atoms with Crippen LogP contribution in [0.3, 0.4) is 0 Å². The first-order valence-electron chi connectivity index (χ1n) is 6.94. The maximum absolute atomic E-state index is 10.5. The summed E-state index contributed by atoms with van der Waals surface area (Å²) in [5, 5.41) is 10.5. The minimum atomic E-state index is -1.23. The number of nitrogens with two attached hydrogens (primary N) is 1. The summed E-state index contributed by atoms with van der Waals surface area (Å²) >= 11 is 0. The summed E-state index contributed by atoms with van der Waals surface area (Å²) in [6.07, 6.45) is 1.78. The molecule has 2 aromatic rings. The fraction of sp³-hybridized carbons (Fsp3) is 0.235. The topological polar surface area (TPSA) is 75.4 Å². The molecule has 1 aliphatic rings. The predicted molar refractivity (Wildman–Crippen MR) is 76.8 cm³/mol. The molecule has 2 aromatic carbocycles. The van der Waals surface area contributed by atoms with Crippen LogP contribution in [0, 0.1) is 0 Å². The Morgan fingerprint density at radius 3 is 2.59 bits per heavy atom. The smallest absolute Gasteiger partial charge is 0.546 e. The molecule has 108 valence electrons. The number of benzene rings is 2. The monoisotopic (exact) mass is 305 g/mol. The number of rotatable bonds is 3. The Hall–Kier alpha value is -1.33. The number of aryl methyl sites for hydroxylation is 2. The van der Waals surface area contributed by atoms with Crippen molar-refractivity contribution in [3.8, 4) is 5.75 Å². The van der Waals surface area contributed by atoms with E-state index >= 15 is 0 Å². The van der Waals surface area contributed by atoms with Crippen molar-refractivity contribution in [2.45, 2.75) is 18.9 Å². The second-order valence-electron chi connectivity index (χ2n) is 5.20. The number of aliphatic carboxylic acids is 1. The number of carboxylic acids is 1. The summed E-state index contributed by atoms with van der Waals surface area (Å²) in [6, 6.07) is 13.6. The van der Waals surface area contributed by atoms with Crippen LogP contribution < -0.4 is 45.1 Å². The van der Waals surface area contributed by atoms with Crippen LogP contribution in [0.1, 0.15) is 28.3 Å². The standard InChI is InChI=1S/C17H17NO3.Na/c18-17-14-4-2-1-3-11(14)5-6-12-9-13(7-8-15(12)17)21-10-16(19)20;/h1-4,7-9,17H,5-6,10,18H2,(H,19,20);/q;+1/p-1. The Morgan fingerprint density at radius 1 is 1.14 bits per heavy atom. The van der Waals surface area contributed by atoms with Gasteiger partial charge in [-0.2, -0.15) is 0 Å². The van der Waals surface area contributed by atoms with Gasteiger partial charge in [0.05, 0.1) is 12.0 Å². The molecule has 0 saturated carbocycles. The molecule has 0 bridgehead atoms. The maximum Gasteiger partial charge on any atom is 1.00 e. The van der Waals surface area contributed by atoms with Crippen LogP contribution >= 0.6 is 0 Å².